The van der Waals surface area contributed by atoms with Crippen LogP contribution in [-0.2, 0) is 42.9 Å². The number of aliphatic carboxylic acids is 1. The molecule has 6 N–H and O–H groups in total. The van der Waals surface area contributed by atoms with Crippen LogP contribution < -0.4 is 26.6 Å². The van der Waals surface area contributed by atoms with Crippen LogP contribution in [0.5, 0.6) is 0 Å². The first-order valence-electron chi connectivity index (χ1n) is 15.7. The Morgan fingerprint density at radius 3 is 1.81 bits per heavy atom. The van der Waals surface area contributed by atoms with Gasteiger partial charge in [0.15, 0.2) is 12.2 Å². The van der Waals surface area contributed by atoms with Gasteiger partial charge in [0.05, 0.1) is 6.61 Å². The number of nitrogens with one attached hydrogen (secondary N) is 5. The Balaban J connectivity index is 2.85. The fourth-order valence-electron chi connectivity index (χ4n) is 4.02. The molecule has 0 aromatic rings. The number of unbranched alkanes of at least 4 members (excludes halogenated alkanes) is 1. The first-order valence-corrected chi connectivity index (χ1v) is 15.7. The molecule has 0 aromatic carbocycles. The van der Waals surface area contributed by atoms with E-state index in [0.29, 0.717) is 19.3 Å². The average molecular weight is 674 g/mol. The molecule has 17 nitrogen and oxygen atoms in total. The van der Waals surface area contributed by atoms with Crippen LogP contribution in [0.15, 0.2) is 0 Å². The van der Waals surface area contributed by atoms with E-state index in [1.54, 1.807) is 55.4 Å². The number of alkyl carbamates (subject to hydrolysis) is 2. The summed E-state index contributed by atoms with van der Waals surface area (Å²) < 4.78 is 20.2. The van der Waals surface area contributed by atoms with E-state index in [-0.39, 0.29) is 26.0 Å². The highest BCUT2D eigenvalue weighted by Crippen LogP contribution is 2.23. The number of esters is 1. The van der Waals surface area contributed by atoms with Crippen LogP contribution in [0.1, 0.15) is 87.5 Å². The quantitative estimate of drug-likeness (QED) is 0.0514. The predicted octanol–water partition coefficient (Wildman–Crippen LogP) is 0.876. The van der Waals surface area contributed by atoms with Crippen molar-refractivity contribution in [3.8, 4) is 0 Å². The van der Waals surface area contributed by atoms with Gasteiger partial charge in [0.2, 0.25) is 11.8 Å². The van der Waals surface area contributed by atoms with Crippen LogP contribution in [0.2, 0.25) is 0 Å². The van der Waals surface area contributed by atoms with Gasteiger partial charge in [-0.15, -0.1) is 0 Å². The van der Waals surface area contributed by atoms with Crippen LogP contribution in [0.25, 0.3) is 0 Å². The molecule has 0 spiro atoms. The lowest BCUT2D eigenvalue weighted by atomic mass is 10.1. The van der Waals surface area contributed by atoms with E-state index in [4.69, 9.17) is 18.9 Å². The van der Waals surface area contributed by atoms with E-state index in [1.165, 1.54) is 0 Å². The molecule has 1 fully saturated rings. The summed E-state index contributed by atoms with van der Waals surface area (Å²) in [6.45, 7) is 13.3. The number of epoxide rings is 1. The van der Waals surface area contributed by atoms with Crippen molar-refractivity contribution in [3.63, 3.8) is 0 Å². The minimum atomic E-state index is -1.57. The molecule has 1 saturated heterocycles. The van der Waals surface area contributed by atoms with Crippen molar-refractivity contribution in [2.24, 2.45) is 0 Å². The molecule has 0 radical (unpaired) electrons. The minimum absolute atomic E-state index is 0.0980. The summed E-state index contributed by atoms with van der Waals surface area (Å²) in [6.07, 6.45) is -2.14. The number of carbonyl (C=O) groups excluding carboxylic acids is 6. The number of amides is 5. The van der Waals surface area contributed by atoms with Gasteiger partial charge in [-0.3, -0.25) is 14.4 Å². The molecule has 0 unspecified atom stereocenters. The summed E-state index contributed by atoms with van der Waals surface area (Å²) >= 11 is 0. The summed E-state index contributed by atoms with van der Waals surface area (Å²) in [6, 6.07) is -3.88. The van der Waals surface area contributed by atoms with Crippen molar-refractivity contribution in [1.29, 1.82) is 0 Å². The van der Waals surface area contributed by atoms with Gasteiger partial charge in [-0.2, -0.15) is 0 Å². The first-order chi connectivity index (χ1) is 21.8. The highest BCUT2D eigenvalue weighted by Gasteiger charge is 2.51. The van der Waals surface area contributed by atoms with E-state index in [0.717, 1.165) is 0 Å². The molecular weight excluding hydrogens is 622 g/mol. The largest absolute Gasteiger partial charge is 0.480 e. The van der Waals surface area contributed by atoms with E-state index in [2.05, 4.69) is 26.6 Å². The van der Waals surface area contributed by atoms with Gasteiger partial charge in [-0.25, -0.2) is 19.2 Å². The third-order valence-corrected chi connectivity index (χ3v) is 6.17. The number of hydrogen-bond acceptors (Lipinski definition) is 11. The number of carbonyl (C=O) groups is 7. The topological polar surface area (TPSA) is 240 Å². The molecule has 0 saturated carbocycles. The molecule has 17 heteroatoms. The molecule has 47 heavy (non-hydrogen) atoms. The lowest BCUT2D eigenvalue weighted by Gasteiger charge is -2.26. The van der Waals surface area contributed by atoms with E-state index >= 15 is 0 Å². The number of carboxylic acids is 1. The molecule has 0 aliphatic carbocycles. The maximum absolute atomic E-state index is 13.3. The molecule has 0 bridgehead atoms. The minimum Gasteiger partial charge on any atom is -0.480 e. The van der Waals surface area contributed by atoms with Gasteiger partial charge < -0.3 is 50.6 Å². The highest BCUT2D eigenvalue weighted by atomic mass is 16.6. The fraction of sp³-hybridized carbons (Fsp3) is 0.767. The molecule has 1 aliphatic heterocycles. The lowest BCUT2D eigenvalue weighted by molar-refractivity contribution is -0.145. The molecule has 0 aromatic heterocycles. The van der Waals surface area contributed by atoms with Crippen molar-refractivity contribution < 1.29 is 57.6 Å². The number of carboxylic acid groups (broad SMARTS) is 1. The summed E-state index contributed by atoms with van der Waals surface area (Å²) in [5.74, 6) is -4.46. The Hall–Kier alpha value is -4.15. The molecule has 5 amide bonds. The number of ether oxygens (including phenoxy) is 4. The second-order valence-corrected chi connectivity index (χ2v) is 12.8. The summed E-state index contributed by atoms with van der Waals surface area (Å²) in [5.41, 5.74) is -1.51. The van der Waals surface area contributed by atoms with E-state index in [9.17, 15) is 38.7 Å². The Morgan fingerprint density at radius 1 is 0.723 bits per heavy atom. The molecule has 5 atom stereocenters. The smallest absolute Gasteiger partial charge is 0.408 e. The van der Waals surface area contributed by atoms with Crippen molar-refractivity contribution in [2.45, 2.75) is 129 Å². The number of rotatable bonds is 18. The third kappa shape index (κ3) is 16.8. The zero-order chi connectivity index (χ0) is 35.9. The molecule has 268 valence electrons. The van der Waals surface area contributed by atoms with Gasteiger partial charge in [-0.05, 0) is 74.1 Å². The number of hydrogen-bond donors (Lipinski definition) is 6. The molecule has 1 rings (SSSR count). The van der Waals surface area contributed by atoms with E-state index in [1.807, 2.05) is 0 Å². The van der Waals surface area contributed by atoms with Gasteiger partial charge in [0, 0.05) is 13.1 Å². The van der Waals surface area contributed by atoms with Gasteiger partial charge in [-0.1, -0.05) is 13.3 Å². The maximum atomic E-state index is 13.3. The van der Waals surface area contributed by atoms with Crippen LogP contribution in [-0.4, -0.2) is 108 Å². The normalized spacial score (nSPS) is 17.5. The standard InChI is InChI=1S/C30H51N5O12/c1-9-13-17(22(36)34-19(25(39)40)16-32-24(38)20-21(45-20)26(41)44-10-2)33-23(37)18(35-28(43)47-30(6,7)8)14-11-12-15-31-27(42)46-29(3,4)5/h17-21H,9-16H2,1-8H3,(H,31,42)(H,32,38)(H,33,37)(H,34,36)(H,35,43)(H,39,40)/t17-,18-,19-,20+,21+/m0/s1. The van der Waals surface area contributed by atoms with Crippen LogP contribution >= 0.6 is 0 Å². The summed E-state index contributed by atoms with van der Waals surface area (Å²) in [4.78, 5) is 86.7. The monoisotopic (exact) mass is 673 g/mol. The second kappa shape index (κ2) is 18.9. The molecule has 1 aliphatic rings. The van der Waals surface area contributed by atoms with Crippen molar-refractivity contribution >= 4 is 41.8 Å². The SMILES string of the molecule is CCC[C@H](NC(=O)[C@H](CCCCNC(=O)OC(C)(C)C)NC(=O)OC(C)(C)C)C(=O)N[C@@H](CNC(=O)[C@@H]1O[C@H]1C(=O)OCC)C(=O)O. The fourth-order valence-corrected chi connectivity index (χ4v) is 4.02. The van der Waals surface area contributed by atoms with Crippen molar-refractivity contribution in [1.82, 2.24) is 26.6 Å². The van der Waals surface area contributed by atoms with E-state index < -0.39 is 89.9 Å². The lowest BCUT2D eigenvalue weighted by Crippen LogP contribution is -2.57. The van der Waals surface area contributed by atoms with Crippen LogP contribution in [0.3, 0.4) is 0 Å². The zero-order valence-corrected chi connectivity index (χ0v) is 28.5. The van der Waals surface area contributed by atoms with Crippen molar-refractivity contribution in [2.75, 3.05) is 19.7 Å². The summed E-state index contributed by atoms with van der Waals surface area (Å²) in [5, 5.41) is 22.0. The summed E-state index contributed by atoms with van der Waals surface area (Å²) in [7, 11) is 0. The zero-order valence-electron chi connectivity index (χ0n) is 28.5. The van der Waals surface area contributed by atoms with Crippen LogP contribution in [0.4, 0.5) is 9.59 Å². The maximum Gasteiger partial charge on any atom is 0.408 e. The van der Waals surface area contributed by atoms with Crippen LogP contribution in [0, 0.1) is 0 Å². The predicted molar refractivity (Wildman–Crippen MR) is 166 cm³/mol. The Labute approximate surface area is 274 Å². The molecule has 1 heterocycles. The Kier molecular flexibility index (Phi) is 16.4. The highest BCUT2D eigenvalue weighted by molar-refractivity contribution is 5.94. The third-order valence-electron chi connectivity index (χ3n) is 6.17. The molecular formula is C30H51N5O12. The van der Waals surface area contributed by atoms with Gasteiger partial charge >= 0.3 is 24.1 Å². The average Bonchev–Trinajstić information content (AvgIpc) is 3.73. The Morgan fingerprint density at radius 2 is 1.28 bits per heavy atom. The first kappa shape index (κ1) is 40.9. The van der Waals surface area contributed by atoms with Gasteiger partial charge in [0.1, 0.15) is 29.3 Å². The van der Waals surface area contributed by atoms with Gasteiger partial charge in [0.25, 0.3) is 5.91 Å². The Bertz CT molecular complexity index is 1120. The second-order valence-electron chi connectivity index (χ2n) is 12.8. The van der Waals surface area contributed by atoms with Crippen molar-refractivity contribution in [3.05, 3.63) is 0 Å².